The highest BCUT2D eigenvalue weighted by molar-refractivity contribution is 5.89. The molecule has 0 spiro atoms. The second-order valence-electron chi connectivity index (χ2n) is 8.24. The van der Waals surface area contributed by atoms with Crippen LogP contribution < -0.4 is 0 Å². The minimum absolute atomic E-state index is 0.0751. The van der Waals surface area contributed by atoms with Gasteiger partial charge in [0.1, 0.15) is 6.10 Å². The predicted octanol–water partition coefficient (Wildman–Crippen LogP) is 5.52. The molecule has 5 nitrogen and oxygen atoms in total. The Balaban J connectivity index is 1.52. The number of aliphatic carboxylic acids is 1. The summed E-state index contributed by atoms with van der Waals surface area (Å²) >= 11 is 0. The summed E-state index contributed by atoms with van der Waals surface area (Å²) in [5.74, 6) is -1.68. The minimum Gasteiger partial charge on any atom is -0.481 e. The number of halogens is 3. The summed E-state index contributed by atoms with van der Waals surface area (Å²) in [6.45, 7) is 0.305. The quantitative estimate of drug-likeness (QED) is 0.370. The predicted molar refractivity (Wildman–Crippen MR) is 115 cm³/mol. The minimum atomic E-state index is -4.37. The van der Waals surface area contributed by atoms with Crippen LogP contribution >= 0.6 is 0 Å². The lowest BCUT2D eigenvalue weighted by Gasteiger charge is -2.24. The fourth-order valence-electron chi connectivity index (χ4n) is 4.16. The molecule has 0 aliphatic heterocycles. The number of esters is 1. The number of alkyl halides is 3. The zero-order chi connectivity index (χ0) is 23.8. The van der Waals surface area contributed by atoms with E-state index in [4.69, 9.17) is 9.47 Å². The topological polar surface area (TPSA) is 72.8 Å². The first-order chi connectivity index (χ1) is 15.7. The van der Waals surface area contributed by atoms with Gasteiger partial charge < -0.3 is 14.6 Å². The highest BCUT2D eigenvalue weighted by Gasteiger charge is 2.40. The first-order valence-electron chi connectivity index (χ1n) is 11.0. The number of ether oxygens (including phenoxy) is 2. The molecular formula is C25H27F3O5. The number of rotatable bonds is 10. The molecule has 0 saturated heterocycles. The van der Waals surface area contributed by atoms with Crippen molar-refractivity contribution >= 4 is 11.9 Å². The highest BCUT2D eigenvalue weighted by Crippen LogP contribution is 2.34. The summed E-state index contributed by atoms with van der Waals surface area (Å²) in [5.41, 5.74) is 0.352. The number of hydrogen-bond donors (Lipinski definition) is 1. The SMILES string of the molecule is O=C(O)C[C@H]1CC[C@@H](OC(=O)c2ccccc2)[C@@H]1OCCCCc1cccc(C(F)(F)F)c1. The third-order valence-electron chi connectivity index (χ3n) is 5.78. The molecule has 1 saturated carbocycles. The lowest BCUT2D eigenvalue weighted by atomic mass is 10.0. The van der Waals surface area contributed by atoms with Gasteiger partial charge in [-0.3, -0.25) is 4.79 Å². The van der Waals surface area contributed by atoms with Crippen molar-refractivity contribution in [3.63, 3.8) is 0 Å². The van der Waals surface area contributed by atoms with E-state index in [-0.39, 0.29) is 12.3 Å². The lowest BCUT2D eigenvalue weighted by Crippen LogP contribution is -2.34. The average Bonchev–Trinajstić information content (AvgIpc) is 3.14. The Morgan fingerprint density at radius 2 is 1.76 bits per heavy atom. The standard InChI is InChI=1S/C25H27F3O5/c26-25(27,28)20-11-6-8-17(15-20)7-4-5-14-32-23-19(16-22(29)30)12-13-21(23)33-24(31)18-9-2-1-3-10-18/h1-3,6,8-11,15,19,21,23H,4-5,7,12-14,16H2,(H,29,30)/t19-,21-,23-/m1/s1. The molecule has 1 N–H and O–H groups in total. The van der Waals surface area contributed by atoms with Gasteiger partial charge in [-0.15, -0.1) is 0 Å². The molecule has 1 aliphatic rings. The summed E-state index contributed by atoms with van der Waals surface area (Å²) in [5, 5.41) is 9.21. The fourth-order valence-corrected chi connectivity index (χ4v) is 4.16. The van der Waals surface area contributed by atoms with E-state index in [9.17, 15) is 27.9 Å². The number of carbonyl (C=O) groups is 2. The summed E-state index contributed by atoms with van der Waals surface area (Å²) < 4.78 is 50.1. The Kier molecular flexibility index (Phi) is 8.49. The summed E-state index contributed by atoms with van der Waals surface area (Å²) in [7, 11) is 0. The molecule has 3 atom stereocenters. The van der Waals surface area contributed by atoms with Crippen LogP contribution in [0, 0.1) is 5.92 Å². The van der Waals surface area contributed by atoms with Crippen LogP contribution in [0.2, 0.25) is 0 Å². The zero-order valence-electron chi connectivity index (χ0n) is 18.1. The van der Waals surface area contributed by atoms with Gasteiger partial charge in [-0.1, -0.05) is 36.4 Å². The molecule has 2 aromatic rings. The monoisotopic (exact) mass is 464 g/mol. The smallest absolute Gasteiger partial charge is 0.416 e. The molecule has 8 heteroatoms. The van der Waals surface area contributed by atoms with Crippen LogP contribution in [-0.2, 0) is 26.9 Å². The maximum atomic E-state index is 12.8. The molecular weight excluding hydrogens is 437 g/mol. The van der Waals surface area contributed by atoms with Crippen molar-refractivity contribution in [3.05, 3.63) is 71.3 Å². The number of unbranched alkanes of at least 4 members (excludes halogenated alkanes) is 1. The summed E-state index contributed by atoms with van der Waals surface area (Å²) in [6.07, 6.45) is -2.73. The van der Waals surface area contributed by atoms with Crippen LogP contribution in [0.4, 0.5) is 13.2 Å². The number of aryl methyl sites for hydroxylation is 1. The van der Waals surface area contributed by atoms with E-state index in [1.807, 2.05) is 0 Å². The Bertz CT molecular complexity index is 929. The van der Waals surface area contributed by atoms with E-state index in [0.29, 0.717) is 49.8 Å². The third kappa shape index (κ3) is 7.32. The maximum absolute atomic E-state index is 12.8. The third-order valence-corrected chi connectivity index (χ3v) is 5.78. The molecule has 0 radical (unpaired) electrons. The molecule has 178 valence electrons. The largest absolute Gasteiger partial charge is 0.481 e. The van der Waals surface area contributed by atoms with Gasteiger partial charge in [0.05, 0.1) is 23.7 Å². The molecule has 0 unspecified atom stereocenters. The van der Waals surface area contributed by atoms with Crippen LogP contribution in [0.3, 0.4) is 0 Å². The lowest BCUT2D eigenvalue weighted by molar-refractivity contribution is -0.140. The van der Waals surface area contributed by atoms with Crippen molar-refractivity contribution in [2.75, 3.05) is 6.61 Å². The van der Waals surface area contributed by atoms with Crippen LogP contribution in [0.5, 0.6) is 0 Å². The first-order valence-corrected chi connectivity index (χ1v) is 11.0. The number of benzene rings is 2. The summed E-state index contributed by atoms with van der Waals surface area (Å²) in [6, 6.07) is 13.8. The van der Waals surface area contributed by atoms with Crippen molar-refractivity contribution in [3.8, 4) is 0 Å². The average molecular weight is 464 g/mol. The first kappa shape index (κ1) is 24.8. The molecule has 0 aromatic heterocycles. The van der Waals surface area contributed by atoms with Gasteiger partial charge in [0.2, 0.25) is 0 Å². The van der Waals surface area contributed by atoms with Crippen LogP contribution in [-0.4, -0.2) is 35.9 Å². The van der Waals surface area contributed by atoms with Gasteiger partial charge >= 0.3 is 18.1 Å². The van der Waals surface area contributed by atoms with E-state index >= 15 is 0 Å². The van der Waals surface area contributed by atoms with E-state index in [1.54, 1.807) is 36.4 Å². The van der Waals surface area contributed by atoms with E-state index in [0.717, 1.165) is 12.1 Å². The normalized spacial score (nSPS) is 20.5. The van der Waals surface area contributed by atoms with Gasteiger partial charge in [-0.2, -0.15) is 13.2 Å². The maximum Gasteiger partial charge on any atom is 0.416 e. The van der Waals surface area contributed by atoms with Gasteiger partial charge in [-0.05, 0) is 61.8 Å². The van der Waals surface area contributed by atoms with E-state index < -0.39 is 35.9 Å². The van der Waals surface area contributed by atoms with Gasteiger partial charge in [0.15, 0.2) is 0 Å². The van der Waals surface area contributed by atoms with Crippen molar-refractivity contribution < 1.29 is 37.3 Å². The molecule has 0 heterocycles. The summed E-state index contributed by atoms with van der Waals surface area (Å²) in [4.78, 5) is 23.7. The van der Waals surface area contributed by atoms with Gasteiger partial charge in [0.25, 0.3) is 0 Å². The van der Waals surface area contributed by atoms with Crippen molar-refractivity contribution in [1.82, 2.24) is 0 Å². The second-order valence-corrected chi connectivity index (χ2v) is 8.24. The number of hydrogen-bond acceptors (Lipinski definition) is 4. The number of carboxylic acid groups (broad SMARTS) is 1. The van der Waals surface area contributed by atoms with Gasteiger partial charge in [0, 0.05) is 6.61 Å². The molecule has 33 heavy (non-hydrogen) atoms. The fraction of sp³-hybridized carbons (Fsp3) is 0.440. The Labute approximate surface area is 190 Å². The molecule has 1 aliphatic carbocycles. The van der Waals surface area contributed by atoms with Crippen LogP contribution in [0.15, 0.2) is 54.6 Å². The molecule has 0 bridgehead atoms. The second kappa shape index (κ2) is 11.3. The number of carboxylic acids is 1. The highest BCUT2D eigenvalue weighted by atomic mass is 19.4. The Morgan fingerprint density at radius 3 is 2.45 bits per heavy atom. The molecule has 0 amide bonds. The molecule has 1 fully saturated rings. The van der Waals surface area contributed by atoms with E-state index in [2.05, 4.69) is 0 Å². The van der Waals surface area contributed by atoms with Crippen molar-refractivity contribution in [2.45, 2.75) is 56.9 Å². The van der Waals surface area contributed by atoms with Gasteiger partial charge in [-0.25, -0.2) is 4.79 Å². The Morgan fingerprint density at radius 1 is 1.00 bits per heavy atom. The number of carbonyl (C=O) groups excluding carboxylic acids is 1. The molecule has 2 aromatic carbocycles. The van der Waals surface area contributed by atoms with Crippen LogP contribution in [0.1, 0.15) is 53.6 Å². The zero-order valence-corrected chi connectivity index (χ0v) is 18.1. The Hall–Kier alpha value is -2.87. The molecule has 3 rings (SSSR count). The van der Waals surface area contributed by atoms with Crippen LogP contribution in [0.25, 0.3) is 0 Å². The van der Waals surface area contributed by atoms with E-state index in [1.165, 1.54) is 6.07 Å². The van der Waals surface area contributed by atoms with Crippen molar-refractivity contribution in [1.29, 1.82) is 0 Å². The van der Waals surface area contributed by atoms with Crippen molar-refractivity contribution in [2.24, 2.45) is 5.92 Å².